The van der Waals surface area contributed by atoms with E-state index in [1.165, 1.54) is 4.31 Å². The highest BCUT2D eigenvalue weighted by atomic mass is 32.2. The standard InChI is InChI=1S/C16H22N2O3S/c1-13-4-6-14(7-5-13)22(20,21)18-11-3-9-16(12-18)8-2-10-17-15(16)19/h4-7H,2-3,8-12H2,1H3,(H,17,19). The van der Waals surface area contributed by atoms with Gasteiger partial charge in [-0.05, 0) is 44.7 Å². The van der Waals surface area contributed by atoms with Gasteiger partial charge in [0.2, 0.25) is 15.9 Å². The van der Waals surface area contributed by atoms with Gasteiger partial charge in [0.15, 0.2) is 0 Å². The second-order valence-electron chi connectivity index (χ2n) is 6.39. The Hall–Kier alpha value is -1.40. The maximum Gasteiger partial charge on any atom is 0.243 e. The predicted molar refractivity (Wildman–Crippen MR) is 83.8 cm³/mol. The molecule has 1 unspecified atom stereocenters. The average Bonchev–Trinajstić information content (AvgIpc) is 2.51. The first-order chi connectivity index (χ1) is 10.4. The van der Waals surface area contributed by atoms with E-state index < -0.39 is 15.4 Å². The van der Waals surface area contributed by atoms with Crippen molar-refractivity contribution in [3.8, 4) is 0 Å². The minimum absolute atomic E-state index is 0.0163. The molecule has 22 heavy (non-hydrogen) atoms. The van der Waals surface area contributed by atoms with Crippen LogP contribution in [0.4, 0.5) is 0 Å². The average molecular weight is 322 g/mol. The normalized spacial score (nSPS) is 26.9. The van der Waals surface area contributed by atoms with E-state index in [0.717, 1.165) is 31.2 Å². The minimum atomic E-state index is -3.52. The van der Waals surface area contributed by atoms with Gasteiger partial charge in [-0.1, -0.05) is 17.7 Å². The van der Waals surface area contributed by atoms with E-state index in [1.807, 2.05) is 6.92 Å². The van der Waals surface area contributed by atoms with E-state index in [2.05, 4.69) is 5.32 Å². The molecule has 6 heteroatoms. The molecule has 1 atom stereocenters. The van der Waals surface area contributed by atoms with Crippen molar-refractivity contribution >= 4 is 15.9 Å². The fraction of sp³-hybridized carbons (Fsp3) is 0.562. The van der Waals surface area contributed by atoms with Gasteiger partial charge >= 0.3 is 0 Å². The number of piperidine rings is 2. The van der Waals surface area contributed by atoms with Crippen molar-refractivity contribution in [1.29, 1.82) is 0 Å². The lowest BCUT2D eigenvalue weighted by Crippen LogP contribution is -2.55. The third-order valence-corrected chi connectivity index (χ3v) is 6.66. The lowest BCUT2D eigenvalue weighted by Gasteiger charge is -2.43. The van der Waals surface area contributed by atoms with Crippen LogP contribution in [0.2, 0.25) is 0 Å². The van der Waals surface area contributed by atoms with Crippen molar-refractivity contribution in [1.82, 2.24) is 9.62 Å². The number of rotatable bonds is 2. The molecule has 1 aromatic rings. The van der Waals surface area contributed by atoms with E-state index >= 15 is 0 Å². The zero-order chi connectivity index (χ0) is 15.8. The molecule has 1 N–H and O–H groups in total. The Morgan fingerprint density at radius 2 is 1.82 bits per heavy atom. The first kappa shape index (κ1) is 15.5. The Bertz CT molecular complexity index is 665. The summed E-state index contributed by atoms with van der Waals surface area (Å²) < 4.78 is 27.1. The van der Waals surface area contributed by atoms with Crippen molar-refractivity contribution in [2.75, 3.05) is 19.6 Å². The second kappa shape index (κ2) is 5.66. The van der Waals surface area contributed by atoms with Crippen molar-refractivity contribution < 1.29 is 13.2 Å². The molecule has 1 amide bonds. The summed E-state index contributed by atoms with van der Waals surface area (Å²) >= 11 is 0. The molecule has 0 bridgehead atoms. The number of hydrogen-bond donors (Lipinski definition) is 1. The van der Waals surface area contributed by atoms with Gasteiger partial charge in [-0.25, -0.2) is 8.42 Å². The van der Waals surface area contributed by atoms with Gasteiger partial charge < -0.3 is 5.32 Å². The molecule has 0 aromatic heterocycles. The number of carbonyl (C=O) groups excluding carboxylic acids is 1. The summed E-state index contributed by atoms with van der Waals surface area (Å²) in [7, 11) is -3.52. The third-order valence-electron chi connectivity index (χ3n) is 4.80. The molecule has 2 heterocycles. The van der Waals surface area contributed by atoms with Crippen LogP contribution in [0.5, 0.6) is 0 Å². The largest absolute Gasteiger partial charge is 0.356 e. The second-order valence-corrected chi connectivity index (χ2v) is 8.33. The maximum atomic E-state index is 12.8. The molecular formula is C16H22N2O3S. The molecule has 0 saturated carbocycles. The Kier molecular flexibility index (Phi) is 3.99. The number of carbonyl (C=O) groups is 1. The van der Waals surface area contributed by atoms with Crippen molar-refractivity contribution in [3.63, 3.8) is 0 Å². The van der Waals surface area contributed by atoms with E-state index in [0.29, 0.717) is 24.5 Å². The quantitative estimate of drug-likeness (QED) is 0.901. The first-order valence-electron chi connectivity index (χ1n) is 7.79. The monoisotopic (exact) mass is 322 g/mol. The van der Waals surface area contributed by atoms with Gasteiger partial charge in [-0.15, -0.1) is 0 Å². The van der Waals surface area contributed by atoms with Gasteiger partial charge in [0, 0.05) is 19.6 Å². The van der Waals surface area contributed by atoms with Crippen LogP contribution in [0, 0.1) is 12.3 Å². The summed E-state index contributed by atoms with van der Waals surface area (Å²) in [6, 6.07) is 6.90. The van der Waals surface area contributed by atoms with Crippen molar-refractivity contribution in [2.24, 2.45) is 5.41 Å². The lowest BCUT2D eigenvalue weighted by atomic mass is 9.74. The molecule has 2 aliphatic heterocycles. The highest BCUT2D eigenvalue weighted by Crippen LogP contribution is 2.38. The summed E-state index contributed by atoms with van der Waals surface area (Å²) in [5.74, 6) is 0.0163. The zero-order valence-corrected chi connectivity index (χ0v) is 13.7. The summed E-state index contributed by atoms with van der Waals surface area (Å²) in [6.07, 6.45) is 3.21. The Balaban J connectivity index is 1.87. The fourth-order valence-electron chi connectivity index (χ4n) is 3.47. The molecule has 1 spiro atoms. The minimum Gasteiger partial charge on any atom is -0.356 e. The summed E-state index contributed by atoms with van der Waals surface area (Å²) in [5.41, 5.74) is 0.495. The smallest absolute Gasteiger partial charge is 0.243 e. The molecule has 5 nitrogen and oxygen atoms in total. The third kappa shape index (κ3) is 2.65. The molecule has 3 rings (SSSR count). The Morgan fingerprint density at radius 1 is 1.14 bits per heavy atom. The molecule has 0 radical (unpaired) electrons. The highest BCUT2D eigenvalue weighted by Gasteiger charge is 2.46. The number of benzene rings is 1. The van der Waals surface area contributed by atoms with Crippen molar-refractivity contribution in [3.05, 3.63) is 29.8 Å². The van der Waals surface area contributed by atoms with Crippen LogP contribution in [-0.2, 0) is 14.8 Å². The summed E-state index contributed by atoms with van der Waals surface area (Å²) in [5, 5.41) is 2.90. The van der Waals surface area contributed by atoms with Crippen LogP contribution in [0.1, 0.15) is 31.2 Å². The van der Waals surface area contributed by atoms with Crippen LogP contribution in [0.15, 0.2) is 29.2 Å². The van der Waals surface area contributed by atoms with E-state index in [-0.39, 0.29) is 5.91 Å². The highest BCUT2D eigenvalue weighted by molar-refractivity contribution is 7.89. The molecular weight excluding hydrogens is 300 g/mol. The molecule has 2 aliphatic rings. The number of aryl methyl sites for hydroxylation is 1. The van der Waals surface area contributed by atoms with Gasteiger partial charge in [0.1, 0.15) is 0 Å². The number of nitrogens with zero attached hydrogens (tertiary/aromatic N) is 1. The van der Waals surface area contributed by atoms with Crippen LogP contribution < -0.4 is 5.32 Å². The number of nitrogens with one attached hydrogen (secondary N) is 1. The van der Waals surface area contributed by atoms with Gasteiger partial charge in [0.05, 0.1) is 10.3 Å². The van der Waals surface area contributed by atoms with E-state index in [4.69, 9.17) is 0 Å². The van der Waals surface area contributed by atoms with Gasteiger partial charge in [-0.3, -0.25) is 4.79 Å². The Labute approximate surface area is 131 Å². The maximum absolute atomic E-state index is 12.8. The van der Waals surface area contributed by atoms with E-state index in [1.54, 1.807) is 24.3 Å². The summed E-state index contributed by atoms with van der Waals surface area (Å²) in [4.78, 5) is 12.6. The first-order valence-corrected chi connectivity index (χ1v) is 9.23. The molecule has 0 aliphatic carbocycles. The molecule has 2 fully saturated rings. The van der Waals surface area contributed by atoms with Crippen LogP contribution in [-0.4, -0.2) is 38.3 Å². The number of sulfonamides is 1. The zero-order valence-electron chi connectivity index (χ0n) is 12.8. The van der Waals surface area contributed by atoms with Crippen LogP contribution in [0.3, 0.4) is 0 Å². The van der Waals surface area contributed by atoms with Crippen LogP contribution >= 0.6 is 0 Å². The molecule has 2 saturated heterocycles. The Morgan fingerprint density at radius 3 is 2.50 bits per heavy atom. The lowest BCUT2D eigenvalue weighted by molar-refractivity contribution is -0.135. The topological polar surface area (TPSA) is 66.5 Å². The predicted octanol–water partition coefficient (Wildman–Crippen LogP) is 1.68. The SMILES string of the molecule is Cc1ccc(S(=O)(=O)N2CCCC3(CCCNC3=O)C2)cc1. The fourth-order valence-corrected chi connectivity index (χ4v) is 5.04. The summed E-state index contributed by atoms with van der Waals surface area (Å²) in [6.45, 7) is 3.42. The van der Waals surface area contributed by atoms with E-state index in [9.17, 15) is 13.2 Å². The molecule has 120 valence electrons. The number of amides is 1. The molecule has 1 aromatic carbocycles. The van der Waals surface area contributed by atoms with Crippen LogP contribution in [0.25, 0.3) is 0 Å². The van der Waals surface area contributed by atoms with Crippen molar-refractivity contribution in [2.45, 2.75) is 37.5 Å². The van der Waals surface area contributed by atoms with Gasteiger partial charge in [-0.2, -0.15) is 4.31 Å². The number of hydrogen-bond acceptors (Lipinski definition) is 3. The van der Waals surface area contributed by atoms with Gasteiger partial charge in [0.25, 0.3) is 0 Å².